The fraction of sp³-hybridized carbons (Fsp3) is 0.455. The van der Waals surface area contributed by atoms with Gasteiger partial charge in [-0.25, -0.2) is 0 Å². The van der Waals surface area contributed by atoms with Crippen LogP contribution in [0.5, 0.6) is 0 Å². The average molecular weight is 272 g/mol. The minimum atomic E-state index is -2.44. The number of rotatable bonds is 4. The Balaban J connectivity index is 3.46. The molecule has 0 bridgehead atoms. The Bertz CT molecular complexity index is 463. The number of carbonyl (C=O) groups is 4. The molecule has 0 aromatic heterocycles. The first-order valence-electron chi connectivity index (χ1n) is 5.28. The first kappa shape index (κ1) is 14.7. The fourth-order valence-electron chi connectivity index (χ4n) is 2.35. The van der Waals surface area contributed by atoms with Crippen LogP contribution < -0.4 is 0 Å². The number of carboxylic acids is 4. The molecule has 8 heteroatoms. The van der Waals surface area contributed by atoms with E-state index in [0.717, 1.165) is 19.1 Å². The van der Waals surface area contributed by atoms with Crippen LogP contribution in [0.3, 0.4) is 0 Å². The Hall–Kier alpha value is -2.38. The Kier molecular flexibility index (Phi) is 3.64. The standard InChI is InChI=1S/C11H12O8/c1-4-6(8(14)15)5(7(12)13)2-3-11(4,9(16)17)10(18)19/h2-6H,1H3,(H,12,13)(H,14,15)(H,16,17)(H,18,19). The van der Waals surface area contributed by atoms with Crippen molar-refractivity contribution in [1.82, 2.24) is 0 Å². The lowest BCUT2D eigenvalue weighted by Crippen LogP contribution is -2.52. The van der Waals surface area contributed by atoms with Crippen molar-refractivity contribution < 1.29 is 39.6 Å². The van der Waals surface area contributed by atoms with Crippen molar-refractivity contribution in [2.24, 2.45) is 23.2 Å². The second-order valence-corrected chi connectivity index (χ2v) is 4.36. The van der Waals surface area contributed by atoms with Gasteiger partial charge in [-0.2, -0.15) is 0 Å². The van der Waals surface area contributed by atoms with Crippen molar-refractivity contribution in [3.8, 4) is 0 Å². The van der Waals surface area contributed by atoms with Crippen molar-refractivity contribution >= 4 is 23.9 Å². The molecule has 0 aromatic carbocycles. The van der Waals surface area contributed by atoms with Crippen LogP contribution in [-0.4, -0.2) is 44.3 Å². The van der Waals surface area contributed by atoms with Crippen LogP contribution in [0.4, 0.5) is 0 Å². The van der Waals surface area contributed by atoms with Gasteiger partial charge in [0.05, 0.1) is 11.8 Å². The van der Waals surface area contributed by atoms with Gasteiger partial charge in [-0.05, 0) is 0 Å². The average Bonchev–Trinajstić information content (AvgIpc) is 2.26. The first-order valence-corrected chi connectivity index (χ1v) is 5.28. The van der Waals surface area contributed by atoms with E-state index in [1.54, 1.807) is 0 Å². The smallest absolute Gasteiger partial charge is 0.325 e. The van der Waals surface area contributed by atoms with Gasteiger partial charge < -0.3 is 20.4 Å². The molecule has 1 aliphatic carbocycles. The molecule has 0 amide bonds. The van der Waals surface area contributed by atoms with Crippen molar-refractivity contribution in [2.75, 3.05) is 0 Å². The maximum absolute atomic E-state index is 11.2. The summed E-state index contributed by atoms with van der Waals surface area (Å²) in [4.78, 5) is 44.5. The van der Waals surface area contributed by atoms with Crippen LogP contribution in [0.2, 0.25) is 0 Å². The summed E-state index contributed by atoms with van der Waals surface area (Å²) in [5.41, 5.74) is -2.44. The zero-order valence-electron chi connectivity index (χ0n) is 9.81. The van der Waals surface area contributed by atoms with E-state index < -0.39 is 47.0 Å². The highest BCUT2D eigenvalue weighted by molar-refractivity contribution is 6.02. The van der Waals surface area contributed by atoms with Crippen LogP contribution in [0.1, 0.15) is 6.92 Å². The molecule has 3 unspecified atom stereocenters. The predicted molar refractivity (Wildman–Crippen MR) is 58.3 cm³/mol. The quantitative estimate of drug-likeness (QED) is 0.404. The van der Waals surface area contributed by atoms with Crippen LogP contribution in [0.15, 0.2) is 12.2 Å². The number of hydrogen-bond donors (Lipinski definition) is 4. The molecular formula is C11H12O8. The van der Waals surface area contributed by atoms with Gasteiger partial charge in [0, 0.05) is 5.92 Å². The highest BCUT2D eigenvalue weighted by Gasteiger charge is 2.58. The van der Waals surface area contributed by atoms with Crippen LogP contribution >= 0.6 is 0 Å². The summed E-state index contributed by atoms with van der Waals surface area (Å²) in [7, 11) is 0. The first-order chi connectivity index (χ1) is 8.66. The van der Waals surface area contributed by atoms with E-state index in [9.17, 15) is 19.2 Å². The molecule has 8 nitrogen and oxygen atoms in total. The van der Waals surface area contributed by atoms with Gasteiger partial charge in [0.25, 0.3) is 0 Å². The van der Waals surface area contributed by atoms with Crippen molar-refractivity contribution in [3.63, 3.8) is 0 Å². The molecule has 0 saturated carbocycles. The summed E-state index contributed by atoms with van der Waals surface area (Å²) in [5.74, 6) is -10.9. The third-order valence-corrected chi connectivity index (χ3v) is 3.49. The van der Waals surface area contributed by atoms with E-state index in [1.165, 1.54) is 0 Å². The summed E-state index contributed by atoms with van der Waals surface area (Å²) in [6.45, 7) is 1.11. The van der Waals surface area contributed by atoms with Gasteiger partial charge in [-0.1, -0.05) is 19.1 Å². The van der Waals surface area contributed by atoms with Crippen LogP contribution in [0.25, 0.3) is 0 Å². The minimum Gasteiger partial charge on any atom is -0.481 e. The van der Waals surface area contributed by atoms with Gasteiger partial charge in [0.15, 0.2) is 5.41 Å². The highest BCUT2D eigenvalue weighted by atomic mass is 16.4. The number of hydrogen-bond acceptors (Lipinski definition) is 4. The monoisotopic (exact) mass is 272 g/mol. The number of carboxylic acid groups (broad SMARTS) is 4. The molecule has 0 spiro atoms. The molecule has 0 aromatic rings. The van der Waals surface area contributed by atoms with Gasteiger partial charge >= 0.3 is 23.9 Å². The zero-order valence-corrected chi connectivity index (χ0v) is 9.81. The topological polar surface area (TPSA) is 149 Å². The molecule has 104 valence electrons. The summed E-state index contributed by atoms with van der Waals surface area (Å²) >= 11 is 0. The molecular weight excluding hydrogens is 260 g/mol. The van der Waals surface area contributed by atoms with E-state index >= 15 is 0 Å². The maximum atomic E-state index is 11.2. The summed E-state index contributed by atoms with van der Waals surface area (Å²) in [6, 6.07) is 0. The third-order valence-electron chi connectivity index (χ3n) is 3.49. The van der Waals surface area contributed by atoms with E-state index in [-0.39, 0.29) is 0 Å². The SMILES string of the molecule is CC1C(C(=O)O)C(C(=O)O)C=CC1(C(=O)O)C(=O)O. The zero-order chi connectivity index (χ0) is 15.0. The van der Waals surface area contributed by atoms with Crippen LogP contribution in [-0.2, 0) is 19.2 Å². The second kappa shape index (κ2) is 4.71. The third kappa shape index (κ3) is 2.05. The molecule has 19 heavy (non-hydrogen) atoms. The normalized spacial score (nSPS) is 28.6. The van der Waals surface area contributed by atoms with E-state index in [2.05, 4.69) is 0 Å². The van der Waals surface area contributed by atoms with Crippen molar-refractivity contribution in [1.29, 1.82) is 0 Å². The summed E-state index contributed by atoms with van der Waals surface area (Å²) in [6.07, 6.45) is 1.57. The van der Waals surface area contributed by atoms with E-state index in [4.69, 9.17) is 20.4 Å². The molecule has 1 aliphatic rings. The Labute approximate surface area is 107 Å². The second-order valence-electron chi connectivity index (χ2n) is 4.36. The largest absolute Gasteiger partial charge is 0.481 e. The van der Waals surface area contributed by atoms with Crippen molar-refractivity contribution in [2.45, 2.75) is 6.92 Å². The molecule has 0 aliphatic heterocycles. The van der Waals surface area contributed by atoms with Gasteiger partial charge in [-0.3, -0.25) is 19.2 Å². The molecule has 0 fully saturated rings. The minimum absolute atomic E-state index is 0.751. The van der Waals surface area contributed by atoms with E-state index in [0.29, 0.717) is 0 Å². The predicted octanol–water partition coefficient (Wildman–Crippen LogP) is -0.250. The molecule has 3 atom stereocenters. The van der Waals surface area contributed by atoms with E-state index in [1.807, 2.05) is 0 Å². The summed E-state index contributed by atoms with van der Waals surface area (Å²) < 4.78 is 0. The van der Waals surface area contributed by atoms with Gasteiger partial charge in [0.2, 0.25) is 0 Å². The maximum Gasteiger partial charge on any atom is 0.325 e. The molecule has 1 rings (SSSR count). The molecule has 0 heterocycles. The Morgan fingerprint density at radius 3 is 1.74 bits per heavy atom. The fourth-order valence-corrected chi connectivity index (χ4v) is 2.35. The Morgan fingerprint density at radius 2 is 1.42 bits per heavy atom. The summed E-state index contributed by atoms with van der Waals surface area (Å²) in [5, 5.41) is 36.1. The molecule has 0 saturated heterocycles. The van der Waals surface area contributed by atoms with Crippen LogP contribution in [0, 0.1) is 23.2 Å². The lowest BCUT2D eigenvalue weighted by Gasteiger charge is -2.37. The van der Waals surface area contributed by atoms with Gasteiger partial charge in [0.1, 0.15) is 0 Å². The number of aliphatic carboxylic acids is 4. The Morgan fingerprint density at radius 1 is 0.947 bits per heavy atom. The molecule has 4 N–H and O–H groups in total. The lowest BCUT2D eigenvalue weighted by molar-refractivity contribution is -0.171. The van der Waals surface area contributed by atoms with Gasteiger partial charge in [-0.15, -0.1) is 0 Å². The molecule has 0 radical (unpaired) electrons. The van der Waals surface area contributed by atoms with Crippen molar-refractivity contribution in [3.05, 3.63) is 12.2 Å². The lowest BCUT2D eigenvalue weighted by atomic mass is 9.62. The highest BCUT2D eigenvalue weighted by Crippen LogP contribution is 2.43.